The molecule has 0 radical (unpaired) electrons. The molecule has 1 heterocycles. The van der Waals surface area contributed by atoms with Crippen LogP contribution in [0.2, 0.25) is 0 Å². The molecule has 1 aromatic carbocycles. The van der Waals surface area contributed by atoms with Crippen molar-refractivity contribution in [2.24, 2.45) is 0 Å². The van der Waals surface area contributed by atoms with Gasteiger partial charge in [-0.2, -0.15) is 0 Å². The average molecular weight is 264 g/mol. The lowest BCUT2D eigenvalue weighted by Crippen LogP contribution is -2.43. The Balaban J connectivity index is 2.12. The Morgan fingerprint density at radius 1 is 1.39 bits per heavy atom. The number of carbonyl (C=O) groups excluding carboxylic acids is 2. The van der Waals surface area contributed by atoms with E-state index in [4.69, 9.17) is 0 Å². The largest absolute Gasteiger partial charge is 0.348 e. The Morgan fingerprint density at radius 3 is 2.94 bits per heavy atom. The molecule has 0 spiro atoms. The maximum atomic E-state index is 12.0. The minimum atomic E-state index is -0.512. The van der Waals surface area contributed by atoms with Crippen molar-refractivity contribution in [3.63, 3.8) is 0 Å². The van der Waals surface area contributed by atoms with E-state index >= 15 is 0 Å². The van der Waals surface area contributed by atoms with E-state index in [1.54, 1.807) is 23.6 Å². The van der Waals surface area contributed by atoms with Crippen molar-refractivity contribution >= 4 is 23.6 Å². The number of rotatable bonds is 1. The minimum Gasteiger partial charge on any atom is -0.348 e. The molecule has 0 aliphatic carbocycles. The first-order valence-corrected chi connectivity index (χ1v) is 6.98. The molecule has 1 aromatic rings. The molecule has 2 rings (SSSR count). The summed E-state index contributed by atoms with van der Waals surface area (Å²) in [5.74, 6) is -0.127. The number of hydrogen-bond acceptors (Lipinski definition) is 3. The van der Waals surface area contributed by atoms with Crippen molar-refractivity contribution in [3.8, 4) is 0 Å². The molecule has 0 bridgehead atoms. The van der Waals surface area contributed by atoms with E-state index in [1.165, 1.54) is 4.90 Å². The van der Waals surface area contributed by atoms with E-state index in [-0.39, 0.29) is 0 Å². The highest BCUT2D eigenvalue weighted by molar-refractivity contribution is 7.99. The quantitative estimate of drug-likeness (QED) is 0.777. The van der Waals surface area contributed by atoms with E-state index in [0.29, 0.717) is 19.6 Å². The van der Waals surface area contributed by atoms with Crippen molar-refractivity contribution in [3.05, 3.63) is 29.8 Å². The molecule has 2 amide bonds. The molecule has 4 nitrogen and oxygen atoms in total. The van der Waals surface area contributed by atoms with Crippen LogP contribution in [0.15, 0.2) is 29.2 Å². The Kier molecular flexibility index (Phi) is 4.25. The van der Waals surface area contributed by atoms with E-state index in [9.17, 15) is 9.59 Å². The highest BCUT2D eigenvalue weighted by Crippen LogP contribution is 2.26. The highest BCUT2D eigenvalue weighted by Gasteiger charge is 2.23. The van der Waals surface area contributed by atoms with E-state index in [2.05, 4.69) is 11.4 Å². The van der Waals surface area contributed by atoms with E-state index in [0.717, 1.165) is 11.3 Å². The zero-order valence-corrected chi connectivity index (χ0v) is 11.1. The van der Waals surface area contributed by atoms with Crippen molar-refractivity contribution in [2.75, 3.05) is 18.8 Å². The first-order chi connectivity index (χ1) is 8.72. The third-order valence-electron chi connectivity index (χ3n) is 2.77. The van der Waals surface area contributed by atoms with Crippen LogP contribution >= 0.6 is 11.8 Å². The molecule has 0 unspecified atom stereocenters. The second-order valence-corrected chi connectivity index (χ2v) is 5.18. The van der Waals surface area contributed by atoms with Crippen molar-refractivity contribution in [2.45, 2.75) is 18.4 Å². The topological polar surface area (TPSA) is 49.4 Å². The number of amides is 2. The second-order valence-electron chi connectivity index (χ2n) is 4.04. The third kappa shape index (κ3) is 2.85. The molecule has 0 fully saturated rings. The van der Waals surface area contributed by atoms with Gasteiger partial charge in [0.25, 0.3) is 0 Å². The molecule has 18 heavy (non-hydrogen) atoms. The van der Waals surface area contributed by atoms with E-state index in [1.807, 2.05) is 18.2 Å². The average Bonchev–Trinajstić information content (AvgIpc) is 2.60. The normalized spacial score (nSPS) is 14.6. The molecule has 1 aliphatic heterocycles. The van der Waals surface area contributed by atoms with Crippen LogP contribution in [0, 0.1) is 0 Å². The Bertz CT molecular complexity index is 462. The van der Waals surface area contributed by atoms with Gasteiger partial charge in [-0.25, -0.2) is 0 Å². The standard InChI is InChI=1S/C13H16N2O2S/c1-2-14-12(16)13(17)15-7-8-18-11-6-4-3-5-10(11)9-15/h3-6H,2,7-9H2,1H3,(H,14,16). The molecule has 0 atom stereocenters. The number of carbonyl (C=O) groups is 2. The zero-order valence-electron chi connectivity index (χ0n) is 10.3. The summed E-state index contributed by atoms with van der Waals surface area (Å²) in [4.78, 5) is 26.3. The number of nitrogens with zero attached hydrogens (tertiary/aromatic N) is 1. The van der Waals surface area contributed by atoms with Crippen molar-refractivity contribution in [1.82, 2.24) is 10.2 Å². The van der Waals surface area contributed by atoms with Gasteiger partial charge in [-0.3, -0.25) is 9.59 Å². The number of hydrogen-bond donors (Lipinski definition) is 1. The van der Waals surface area contributed by atoms with E-state index < -0.39 is 11.8 Å². The summed E-state index contributed by atoms with van der Waals surface area (Å²) >= 11 is 1.73. The Morgan fingerprint density at radius 2 is 2.17 bits per heavy atom. The molecule has 0 saturated heterocycles. The van der Waals surface area contributed by atoms with Gasteiger partial charge in [0.15, 0.2) is 0 Å². The first kappa shape index (κ1) is 13.0. The van der Waals surface area contributed by atoms with Crippen molar-refractivity contribution < 1.29 is 9.59 Å². The Hall–Kier alpha value is -1.49. The summed E-state index contributed by atoms with van der Waals surface area (Å²) in [5, 5.41) is 2.55. The number of nitrogens with one attached hydrogen (secondary N) is 1. The van der Waals surface area contributed by atoms with Crippen LogP contribution in [0.5, 0.6) is 0 Å². The maximum Gasteiger partial charge on any atom is 0.312 e. The number of fused-ring (bicyclic) bond motifs is 1. The highest BCUT2D eigenvalue weighted by atomic mass is 32.2. The van der Waals surface area contributed by atoms with Crippen LogP contribution in [0.25, 0.3) is 0 Å². The fourth-order valence-corrected chi connectivity index (χ4v) is 2.90. The van der Waals surface area contributed by atoms with Crippen LogP contribution in [-0.2, 0) is 16.1 Å². The van der Waals surface area contributed by atoms with Gasteiger partial charge < -0.3 is 10.2 Å². The van der Waals surface area contributed by atoms with Crippen LogP contribution in [0.3, 0.4) is 0 Å². The molecular weight excluding hydrogens is 248 g/mol. The van der Waals surface area contributed by atoms with Gasteiger partial charge in [-0.1, -0.05) is 18.2 Å². The monoisotopic (exact) mass is 264 g/mol. The summed E-state index contributed by atoms with van der Waals surface area (Å²) in [6.45, 7) is 3.40. The molecule has 96 valence electrons. The number of benzene rings is 1. The predicted molar refractivity (Wildman–Crippen MR) is 71.3 cm³/mol. The first-order valence-electron chi connectivity index (χ1n) is 6.00. The SMILES string of the molecule is CCNC(=O)C(=O)N1CCSc2ccccc2C1. The smallest absolute Gasteiger partial charge is 0.312 e. The maximum absolute atomic E-state index is 12.0. The zero-order chi connectivity index (χ0) is 13.0. The van der Waals surface area contributed by atoms with Crippen molar-refractivity contribution in [1.29, 1.82) is 0 Å². The second kappa shape index (κ2) is 5.91. The van der Waals surface area contributed by atoms with Gasteiger partial charge in [-0.05, 0) is 18.6 Å². The van der Waals surface area contributed by atoms with Crippen LogP contribution in [-0.4, -0.2) is 35.6 Å². The van der Waals surface area contributed by atoms with Gasteiger partial charge in [0.2, 0.25) is 0 Å². The molecule has 1 N–H and O–H groups in total. The minimum absolute atomic E-state index is 0.436. The lowest BCUT2D eigenvalue weighted by molar-refractivity contribution is -0.146. The summed E-state index contributed by atoms with van der Waals surface area (Å²) in [6, 6.07) is 8.01. The number of thioether (sulfide) groups is 1. The van der Waals surface area contributed by atoms with Gasteiger partial charge in [-0.15, -0.1) is 11.8 Å². The van der Waals surface area contributed by atoms with Crippen LogP contribution in [0.4, 0.5) is 0 Å². The summed E-state index contributed by atoms with van der Waals surface area (Å²) in [5.41, 5.74) is 1.11. The summed E-state index contributed by atoms with van der Waals surface area (Å²) in [6.07, 6.45) is 0. The summed E-state index contributed by atoms with van der Waals surface area (Å²) < 4.78 is 0. The number of likely N-dealkylation sites (N-methyl/N-ethyl adjacent to an activating group) is 1. The molecule has 0 aromatic heterocycles. The third-order valence-corrected chi connectivity index (χ3v) is 3.87. The molecule has 0 saturated carbocycles. The van der Waals surface area contributed by atoms with Gasteiger partial charge in [0.1, 0.15) is 0 Å². The van der Waals surface area contributed by atoms with Gasteiger partial charge in [0, 0.05) is 30.3 Å². The molecular formula is C13H16N2O2S. The lowest BCUT2D eigenvalue weighted by Gasteiger charge is -2.19. The molecule has 5 heteroatoms. The fourth-order valence-electron chi connectivity index (χ4n) is 1.88. The van der Waals surface area contributed by atoms with Crippen LogP contribution < -0.4 is 5.32 Å². The van der Waals surface area contributed by atoms with Crippen LogP contribution in [0.1, 0.15) is 12.5 Å². The van der Waals surface area contributed by atoms with Gasteiger partial charge in [0.05, 0.1) is 0 Å². The predicted octanol–water partition coefficient (Wildman–Crippen LogP) is 1.26. The molecule has 1 aliphatic rings. The summed E-state index contributed by atoms with van der Waals surface area (Å²) in [7, 11) is 0. The lowest BCUT2D eigenvalue weighted by atomic mass is 10.2. The Labute approximate surface area is 111 Å². The fraction of sp³-hybridized carbons (Fsp3) is 0.385. The van der Waals surface area contributed by atoms with Gasteiger partial charge >= 0.3 is 11.8 Å².